The lowest BCUT2D eigenvalue weighted by Crippen LogP contribution is -2.08. The zero-order chi connectivity index (χ0) is 13.7. The lowest BCUT2D eigenvalue weighted by Gasteiger charge is -2.07. The number of aromatic nitrogens is 5. The number of carbonyl (C=O) groups is 1. The summed E-state index contributed by atoms with van der Waals surface area (Å²) in [6.45, 7) is 1.92. The second-order valence-corrected chi connectivity index (χ2v) is 4.71. The van der Waals surface area contributed by atoms with Gasteiger partial charge in [-0.05, 0) is 6.92 Å². The van der Waals surface area contributed by atoms with E-state index in [1.54, 1.807) is 0 Å². The first-order valence-electron chi connectivity index (χ1n) is 5.70. The molecule has 2 aromatic heterocycles. The molecule has 0 aliphatic heterocycles. The number of nitrogens with one attached hydrogen (secondary N) is 2. The van der Waals surface area contributed by atoms with Gasteiger partial charge in [-0.3, -0.25) is 4.79 Å². The Kier molecular flexibility index (Phi) is 4.39. The summed E-state index contributed by atoms with van der Waals surface area (Å²) in [4.78, 5) is 15.4. The van der Waals surface area contributed by atoms with E-state index in [0.717, 1.165) is 10.8 Å². The maximum atomic E-state index is 11.0. The molecule has 0 bridgehead atoms. The summed E-state index contributed by atoms with van der Waals surface area (Å²) < 4.78 is 4.59. The third kappa shape index (κ3) is 3.71. The third-order valence-electron chi connectivity index (χ3n) is 2.45. The number of nitrogens with zero attached hydrogens (tertiary/aromatic N) is 4. The number of esters is 1. The minimum Gasteiger partial charge on any atom is -0.469 e. The standard InChI is InChI=1S/C10H14N6O2S/c1-6(9-13-15-16-14-9)11-10-12-7(5-19-10)3-4-8(17)18-2/h5-6H,3-4H2,1-2H3,(H,11,12)(H,13,14,15,16). The molecule has 0 aromatic carbocycles. The number of hydrogen-bond acceptors (Lipinski definition) is 8. The Morgan fingerprint density at radius 3 is 3.16 bits per heavy atom. The molecule has 2 N–H and O–H groups in total. The van der Waals surface area contributed by atoms with Gasteiger partial charge in [-0.25, -0.2) is 4.98 Å². The van der Waals surface area contributed by atoms with Gasteiger partial charge in [0.15, 0.2) is 11.0 Å². The van der Waals surface area contributed by atoms with Crippen molar-refractivity contribution in [2.75, 3.05) is 12.4 Å². The van der Waals surface area contributed by atoms with Crippen LogP contribution >= 0.6 is 11.3 Å². The van der Waals surface area contributed by atoms with Crippen LogP contribution in [0, 0.1) is 0 Å². The Balaban J connectivity index is 1.88. The van der Waals surface area contributed by atoms with Gasteiger partial charge in [0.05, 0.1) is 25.3 Å². The van der Waals surface area contributed by atoms with Crippen LogP contribution in [0.5, 0.6) is 0 Å². The summed E-state index contributed by atoms with van der Waals surface area (Å²) in [5.41, 5.74) is 0.859. The van der Waals surface area contributed by atoms with E-state index in [9.17, 15) is 4.79 Å². The fourth-order valence-electron chi connectivity index (χ4n) is 1.42. The van der Waals surface area contributed by atoms with Crippen LogP contribution in [0.3, 0.4) is 0 Å². The number of ether oxygens (including phenoxy) is 1. The predicted octanol–water partition coefficient (Wildman–Crippen LogP) is 0.935. The van der Waals surface area contributed by atoms with Crippen molar-refractivity contribution < 1.29 is 9.53 Å². The second-order valence-electron chi connectivity index (χ2n) is 3.86. The first-order valence-corrected chi connectivity index (χ1v) is 6.58. The maximum Gasteiger partial charge on any atom is 0.305 e. The minimum atomic E-state index is -0.234. The highest BCUT2D eigenvalue weighted by Gasteiger charge is 2.12. The van der Waals surface area contributed by atoms with E-state index in [-0.39, 0.29) is 12.0 Å². The van der Waals surface area contributed by atoms with Crippen molar-refractivity contribution >= 4 is 22.4 Å². The second kappa shape index (κ2) is 6.23. The molecule has 0 saturated carbocycles. The molecule has 8 nitrogen and oxygen atoms in total. The number of anilines is 1. The van der Waals surface area contributed by atoms with Crippen LogP contribution < -0.4 is 5.32 Å². The molecular formula is C10H14N6O2S. The number of carbonyl (C=O) groups excluding carboxylic acids is 1. The number of methoxy groups -OCH3 is 1. The average Bonchev–Trinajstić information content (AvgIpc) is 3.07. The normalized spacial score (nSPS) is 12.1. The molecule has 102 valence electrons. The molecule has 19 heavy (non-hydrogen) atoms. The number of thiazole rings is 1. The number of hydrogen-bond donors (Lipinski definition) is 2. The average molecular weight is 282 g/mol. The molecule has 0 fully saturated rings. The Labute approximate surface area is 113 Å². The van der Waals surface area contributed by atoms with E-state index in [1.807, 2.05) is 12.3 Å². The van der Waals surface area contributed by atoms with Crippen molar-refractivity contribution in [3.63, 3.8) is 0 Å². The Hall–Kier alpha value is -2.03. The molecule has 0 radical (unpaired) electrons. The van der Waals surface area contributed by atoms with Crippen molar-refractivity contribution in [1.29, 1.82) is 0 Å². The first-order chi connectivity index (χ1) is 9.19. The smallest absolute Gasteiger partial charge is 0.305 e. The number of tetrazole rings is 1. The summed E-state index contributed by atoms with van der Waals surface area (Å²) in [5.74, 6) is 0.342. The number of H-pyrrole nitrogens is 1. The van der Waals surface area contributed by atoms with E-state index in [4.69, 9.17) is 0 Å². The van der Waals surface area contributed by atoms with E-state index in [1.165, 1.54) is 18.4 Å². The Morgan fingerprint density at radius 1 is 1.63 bits per heavy atom. The monoisotopic (exact) mass is 282 g/mol. The SMILES string of the molecule is COC(=O)CCc1csc(NC(C)c2nn[nH]n2)n1. The van der Waals surface area contributed by atoms with Gasteiger partial charge < -0.3 is 10.1 Å². The van der Waals surface area contributed by atoms with Gasteiger partial charge in [0, 0.05) is 11.8 Å². The minimum absolute atomic E-state index is 0.0849. The van der Waals surface area contributed by atoms with Crippen LogP contribution in [0.4, 0.5) is 5.13 Å². The molecule has 0 saturated heterocycles. The van der Waals surface area contributed by atoms with E-state index >= 15 is 0 Å². The van der Waals surface area contributed by atoms with Crippen molar-refractivity contribution in [3.8, 4) is 0 Å². The molecule has 0 amide bonds. The Bertz CT molecular complexity index is 526. The predicted molar refractivity (Wildman–Crippen MR) is 68.7 cm³/mol. The summed E-state index contributed by atoms with van der Waals surface area (Å²) in [5, 5.41) is 19.5. The van der Waals surface area contributed by atoms with Crippen LogP contribution in [0.15, 0.2) is 5.38 Å². The molecule has 2 heterocycles. The fraction of sp³-hybridized carbons (Fsp3) is 0.500. The molecule has 0 spiro atoms. The molecule has 2 rings (SSSR count). The van der Waals surface area contributed by atoms with Gasteiger partial charge in [-0.1, -0.05) is 5.21 Å². The largest absolute Gasteiger partial charge is 0.469 e. The first kappa shape index (κ1) is 13.4. The summed E-state index contributed by atoms with van der Waals surface area (Å²) in [6.07, 6.45) is 0.904. The van der Waals surface area contributed by atoms with Crippen molar-refractivity contribution in [1.82, 2.24) is 25.6 Å². The van der Waals surface area contributed by atoms with E-state index in [0.29, 0.717) is 18.7 Å². The lowest BCUT2D eigenvalue weighted by molar-refractivity contribution is -0.140. The molecule has 2 aromatic rings. The highest BCUT2D eigenvalue weighted by atomic mass is 32.1. The van der Waals surface area contributed by atoms with Gasteiger partial charge in [0.1, 0.15) is 0 Å². The van der Waals surface area contributed by atoms with Crippen molar-refractivity contribution in [3.05, 3.63) is 16.9 Å². The highest BCUT2D eigenvalue weighted by Crippen LogP contribution is 2.21. The van der Waals surface area contributed by atoms with Gasteiger partial charge in [0.2, 0.25) is 0 Å². The van der Waals surface area contributed by atoms with Gasteiger partial charge in [-0.2, -0.15) is 5.21 Å². The van der Waals surface area contributed by atoms with Gasteiger partial charge in [0.25, 0.3) is 0 Å². The van der Waals surface area contributed by atoms with Crippen LogP contribution in [0.2, 0.25) is 0 Å². The van der Waals surface area contributed by atoms with Crippen LogP contribution in [-0.2, 0) is 16.0 Å². The lowest BCUT2D eigenvalue weighted by atomic mass is 10.2. The van der Waals surface area contributed by atoms with E-state index < -0.39 is 0 Å². The molecular weight excluding hydrogens is 268 g/mol. The third-order valence-corrected chi connectivity index (χ3v) is 3.28. The zero-order valence-corrected chi connectivity index (χ0v) is 11.4. The van der Waals surface area contributed by atoms with Crippen LogP contribution in [0.25, 0.3) is 0 Å². The number of rotatable bonds is 6. The number of aryl methyl sites for hydroxylation is 1. The highest BCUT2D eigenvalue weighted by molar-refractivity contribution is 7.13. The van der Waals surface area contributed by atoms with Crippen LogP contribution in [0.1, 0.15) is 30.9 Å². The summed E-state index contributed by atoms with van der Waals surface area (Å²) in [7, 11) is 1.38. The topological polar surface area (TPSA) is 106 Å². The van der Waals surface area contributed by atoms with E-state index in [2.05, 4.69) is 35.7 Å². The quantitative estimate of drug-likeness (QED) is 0.759. The van der Waals surface area contributed by atoms with Crippen molar-refractivity contribution in [2.24, 2.45) is 0 Å². The Morgan fingerprint density at radius 2 is 2.47 bits per heavy atom. The molecule has 0 aliphatic rings. The molecule has 0 aliphatic carbocycles. The van der Waals surface area contributed by atoms with Crippen molar-refractivity contribution in [2.45, 2.75) is 25.8 Å². The maximum absolute atomic E-state index is 11.0. The van der Waals surface area contributed by atoms with Crippen LogP contribution in [-0.4, -0.2) is 38.7 Å². The summed E-state index contributed by atoms with van der Waals surface area (Å²) in [6, 6.07) is -0.0849. The molecule has 9 heteroatoms. The van der Waals surface area contributed by atoms with Gasteiger partial charge >= 0.3 is 5.97 Å². The summed E-state index contributed by atoms with van der Waals surface area (Å²) >= 11 is 1.47. The molecule has 1 unspecified atom stereocenters. The zero-order valence-electron chi connectivity index (χ0n) is 10.6. The fourth-order valence-corrected chi connectivity index (χ4v) is 2.26. The van der Waals surface area contributed by atoms with Gasteiger partial charge in [-0.15, -0.1) is 21.5 Å². The molecule has 1 atom stereocenters. The number of aromatic amines is 1.